The van der Waals surface area contributed by atoms with Crippen molar-refractivity contribution in [2.75, 3.05) is 13.2 Å². The molecule has 0 radical (unpaired) electrons. The molecule has 5 nitrogen and oxygen atoms in total. The van der Waals surface area contributed by atoms with E-state index in [2.05, 4.69) is 62.5 Å². The van der Waals surface area contributed by atoms with E-state index in [0.717, 1.165) is 57.8 Å². The zero-order valence-electron chi connectivity index (χ0n) is 56.2. The highest BCUT2D eigenvalue weighted by atomic mass is 16.6. The lowest BCUT2D eigenvalue weighted by atomic mass is 10.0. The Kier molecular flexibility index (Phi) is 72.2. The Morgan fingerprint density at radius 2 is 0.518 bits per heavy atom. The van der Waals surface area contributed by atoms with Crippen LogP contribution in [0.2, 0.25) is 0 Å². The minimum Gasteiger partial charge on any atom is -0.462 e. The molecule has 0 aromatic carbocycles. The summed E-state index contributed by atoms with van der Waals surface area (Å²) in [4.78, 5) is 24.7. The summed E-state index contributed by atoms with van der Waals surface area (Å²) in [6, 6.07) is 0. The predicted octanol–water partition coefficient (Wildman–Crippen LogP) is 26.3. The summed E-state index contributed by atoms with van der Waals surface area (Å²) in [6.45, 7) is 4.10. The van der Waals surface area contributed by atoms with Gasteiger partial charge in [-0.2, -0.15) is 0 Å². The Hall–Kier alpha value is -2.14. The number of hydrogen-bond acceptors (Lipinski definition) is 5. The van der Waals surface area contributed by atoms with Gasteiger partial charge in [0.15, 0.2) is 6.10 Å². The zero-order valence-corrected chi connectivity index (χ0v) is 56.2. The molecule has 0 aromatic heterocycles. The third kappa shape index (κ3) is 72.2. The highest BCUT2D eigenvalue weighted by Crippen LogP contribution is 2.20. The molecule has 0 bridgehead atoms. The maximum absolute atomic E-state index is 12.4. The van der Waals surface area contributed by atoms with Gasteiger partial charge in [-0.25, -0.2) is 0 Å². The van der Waals surface area contributed by atoms with Crippen molar-refractivity contribution in [3.05, 3.63) is 48.6 Å². The second-order valence-electron chi connectivity index (χ2n) is 25.7. The number of aliphatic hydroxyl groups is 1. The van der Waals surface area contributed by atoms with Crippen molar-refractivity contribution in [3.8, 4) is 0 Å². The van der Waals surface area contributed by atoms with Gasteiger partial charge in [-0.05, 0) is 51.4 Å². The molecule has 0 amide bonds. The third-order valence-electron chi connectivity index (χ3n) is 17.4. The quantitative estimate of drug-likeness (QED) is 0.0373. The van der Waals surface area contributed by atoms with E-state index >= 15 is 0 Å². The van der Waals surface area contributed by atoms with Crippen LogP contribution < -0.4 is 0 Å². The van der Waals surface area contributed by atoms with Gasteiger partial charge < -0.3 is 14.6 Å². The van der Waals surface area contributed by atoms with E-state index in [4.69, 9.17) is 9.47 Å². The normalized spacial score (nSPS) is 12.4. The van der Waals surface area contributed by atoms with Crippen molar-refractivity contribution in [1.29, 1.82) is 0 Å². The molecular weight excluding hydrogens is 1020 g/mol. The van der Waals surface area contributed by atoms with Crippen LogP contribution in [0, 0.1) is 0 Å². The molecule has 0 saturated heterocycles. The summed E-state index contributed by atoms with van der Waals surface area (Å²) in [5, 5.41) is 9.72. The molecular formula is C78H146O5. The molecule has 1 unspecified atom stereocenters. The Labute approximate surface area is 519 Å². The van der Waals surface area contributed by atoms with Crippen LogP contribution in [0.1, 0.15) is 418 Å². The summed E-state index contributed by atoms with van der Waals surface area (Å²) in [6.07, 6.45) is 100. The van der Waals surface area contributed by atoms with Crippen LogP contribution in [-0.2, 0) is 19.1 Å². The molecule has 0 aliphatic heterocycles. The number of carbonyl (C=O) groups is 2. The van der Waals surface area contributed by atoms with Crippen molar-refractivity contribution in [2.24, 2.45) is 0 Å². The van der Waals surface area contributed by atoms with Gasteiger partial charge >= 0.3 is 11.9 Å². The van der Waals surface area contributed by atoms with E-state index in [1.54, 1.807) is 0 Å². The molecule has 0 fully saturated rings. The largest absolute Gasteiger partial charge is 0.462 e. The number of ether oxygens (including phenoxy) is 2. The molecule has 5 heteroatoms. The van der Waals surface area contributed by atoms with Crippen LogP contribution in [0.4, 0.5) is 0 Å². The first-order valence-electron chi connectivity index (χ1n) is 37.7. The molecule has 1 N–H and O–H groups in total. The first kappa shape index (κ1) is 80.9. The molecule has 0 saturated carbocycles. The van der Waals surface area contributed by atoms with Crippen LogP contribution in [-0.4, -0.2) is 36.4 Å². The number of esters is 2. The standard InChI is InChI=1S/C78H146O5/c1-3-5-7-9-11-13-15-17-19-21-23-25-27-29-31-33-35-37-39-41-43-45-47-49-51-53-55-57-59-61-63-65-67-69-71-73-78(81)83-76(74-79)75-82-77(80)72-70-68-66-64-62-60-58-56-54-52-50-48-46-44-42-40-38-36-34-32-30-28-26-24-22-20-18-16-14-12-10-8-6-4-2/h5,7,11,13,17,19,23,25,76,79H,3-4,6,8-10,12,14-16,18,20-22,24,26-75H2,1-2H3/b7-5-,13-11-,19-17-,25-23-. The van der Waals surface area contributed by atoms with Gasteiger partial charge in [0, 0.05) is 12.8 Å². The van der Waals surface area contributed by atoms with Gasteiger partial charge in [0.1, 0.15) is 6.61 Å². The van der Waals surface area contributed by atoms with Crippen LogP contribution in [0.3, 0.4) is 0 Å². The predicted molar refractivity (Wildman–Crippen MR) is 367 cm³/mol. The minimum atomic E-state index is -0.770. The van der Waals surface area contributed by atoms with E-state index in [-0.39, 0.29) is 25.2 Å². The van der Waals surface area contributed by atoms with Crippen LogP contribution in [0.25, 0.3) is 0 Å². The summed E-state index contributed by atoms with van der Waals surface area (Å²) in [5.74, 6) is -0.563. The first-order valence-corrected chi connectivity index (χ1v) is 37.7. The SMILES string of the molecule is CC/C=C\C/C=C\C/C=C\C/C=C\CCCCCCCCCCCCCCCCCCCCCCCCC(=O)OC(CO)COC(=O)CCCCCCCCCCCCCCCCCCCCCCCCCCCCCCCCCCCC. The lowest BCUT2D eigenvalue weighted by Gasteiger charge is -2.15. The second-order valence-corrected chi connectivity index (χ2v) is 25.7. The second kappa shape index (κ2) is 74.1. The van der Waals surface area contributed by atoms with Crippen molar-refractivity contribution < 1.29 is 24.2 Å². The average molecular weight is 1160 g/mol. The number of unbranched alkanes of at least 4 members (excludes halogenated alkanes) is 55. The Balaban J connectivity index is 3.37. The lowest BCUT2D eigenvalue weighted by Crippen LogP contribution is -2.28. The maximum atomic E-state index is 12.4. The molecule has 1 atom stereocenters. The highest BCUT2D eigenvalue weighted by Gasteiger charge is 2.16. The zero-order chi connectivity index (χ0) is 59.8. The third-order valence-corrected chi connectivity index (χ3v) is 17.4. The van der Waals surface area contributed by atoms with Crippen molar-refractivity contribution >= 4 is 11.9 Å². The number of allylic oxidation sites excluding steroid dienone is 8. The number of aliphatic hydroxyl groups excluding tert-OH is 1. The lowest BCUT2D eigenvalue weighted by molar-refractivity contribution is -0.161. The summed E-state index contributed by atoms with van der Waals surface area (Å²) in [7, 11) is 0. The number of rotatable bonds is 71. The van der Waals surface area contributed by atoms with Crippen molar-refractivity contribution in [1.82, 2.24) is 0 Å². The molecule has 0 heterocycles. The van der Waals surface area contributed by atoms with E-state index in [1.165, 1.54) is 334 Å². The summed E-state index contributed by atoms with van der Waals surface area (Å²) >= 11 is 0. The molecule has 83 heavy (non-hydrogen) atoms. The smallest absolute Gasteiger partial charge is 0.306 e. The molecule has 488 valence electrons. The fraction of sp³-hybridized carbons (Fsp3) is 0.872. The highest BCUT2D eigenvalue weighted by molar-refractivity contribution is 5.70. The van der Waals surface area contributed by atoms with Gasteiger partial charge in [-0.1, -0.05) is 403 Å². The average Bonchev–Trinajstić information content (AvgIpc) is 3.49. The van der Waals surface area contributed by atoms with Gasteiger partial charge in [-0.15, -0.1) is 0 Å². The van der Waals surface area contributed by atoms with Gasteiger partial charge in [0.25, 0.3) is 0 Å². The van der Waals surface area contributed by atoms with E-state index in [1.807, 2.05) is 0 Å². The number of carbonyl (C=O) groups excluding carboxylic acids is 2. The molecule has 0 aromatic rings. The van der Waals surface area contributed by atoms with Gasteiger partial charge in [0.2, 0.25) is 0 Å². The molecule has 0 rings (SSSR count). The van der Waals surface area contributed by atoms with Crippen LogP contribution >= 0.6 is 0 Å². The van der Waals surface area contributed by atoms with Crippen molar-refractivity contribution in [3.63, 3.8) is 0 Å². The van der Waals surface area contributed by atoms with Crippen molar-refractivity contribution in [2.45, 2.75) is 424 Å². The van der Waals surface area contributed by atoms with Crippen LogP contribution in [0.15, 0.2) is 48.6 Å². The Morgan fingerprint density at radius 1 is 0.289 bits per heavy atom. The molecule has 0 spiro atoms. The van der Waals surface area contributed by atoms with E-state index in [9.17, 15) is 14.7 Å². The summed E-state index contributed by atoms with van der Waals surface area (Å²) in [5.41, 5.74) is 0. The molecule has 0 aliphatic rings. The minimum absolute atomic E-state index is 0.0587. The van der Waals surface area contributed by atoms with Gasteiger partial charge in [-0.3, -0.25) is 9.59 Å². The monoisotopic (exact) mass is 1160 g/mol. The Bertz CT molecular complexity index is 1360. The van der Waals surface area contributed by atoms with Crippen LogP contribution in [0.5, 0.6) is 0 Å². The maximum Gasteiger partial charge on any atom is 0.306 e. The van der Waals surface area contributed by atoms with Gasteiger partial charge in [0.05, 0.1) is 6.61 Å². The Morgan fingerprint density at radius 3 is 0.783 bits per heavy atom. The van der Waals surface area contributed by atoms with E-state index in [0.29, 0.717) is 12.8 Å². The topological polar surface area (TPSA) is 72.8 Å². The number of hydrogen-bond donors (Lipinski definition) is 1. The summed E-state index contributed by atoms with van der Waals surface area (Å²) < 4.78 is 10.8. The molecule has 0 aliphatic carbocycles. The van der Waals surface area contributed by atoms with E-state index < -0.39 is 6.10 Å². The fourth-order valence-electron chi connectivity index (χ4n) is 11.8. The first-order chi connectivity index (χ1) is 41.1. The fourth-order valence-corrected chi connectivity index (χ4v) is 11.8.